The molecule has 15 heavy (non-hydrogen) atoms. The summed E-state index contributed by atoms with van der Waals surface area (Å²) in [5.41, 5.74) is 1.56. The van der Waals surface area contributed by atoms with Crippen LogP contribution in [0, 0.1) is 0 Å². The first kappa shape index (κ1) is 9.83. The molecule has 0 saturated carbocycles. The number of nitrogens with zero attached hydrogens (tertiary/aromatic N) is 2. The van der Waals surface area contributed by atoms with Gasteiger partial charge < -0.3 is 4.98 Å². The van der Waals surface area contributed by atoms with Gasteiger partial charge in [0.15, 0.2) is 5.65 Å². The highest BCUT2D eigenvalue weighted by Crippen LogP contribution is 2.08. The van der Waals surface area contributed by atoms with Crippen molar-refractivity contribution in [1.29, 1.82) is 0 Å². The highest BCUT2D eigenvalue weighted by atomic mass is 16.1. The van der Waals surface area contributed by atoms with E-state index >= 15 is 0 Å². The third kappa shape index (κ3) is 2.21. The number of hydrogen-bond acceptors (Lipinski definition) is 3. The molecule has 0 fully saturated rings. The van der Waals surface area contributed by atoms with Crippen molar-refractivity contribution in [1.82, 2.24) is 15.0 Å². The summed E-state index contributed by atoms with van der Waals surface area (Å²) in [5.74, 6) is 0.929. The van der Waals surface area contributed by atoms with E-state index in [1.165, 1.54) is 0 Å². The van der Waals surface area contributed by atoms with Gasteiger partial charge in [0.1, 0.15) is 11.6 Å². The Morgan fingerprint density at radius 3 is 3.13 bits per heavy atom. The lowest BCUT2D eigenvalue weighted by molar-refractivity contribution is -0.118. The Labute approximate surface area is 87.7 Å². The minimum atomic E-state index is 0.219. The smallest absolute Gasteiger partial charge is 0.177 e. The second-order valence-corrected chi connectivity index (χ2v) is 3.52. The van der Waals surface area contributed by atoms with Crippen LogP contribution in [0.3, 0.4) is 0 Å². The number of rotatable bonds is 4. The molecule has 2 heterocycles. The SMILES string of the molecule is CCCC(=O)Cc1nc2ncccc2[nH]1. The van der Waals surface area contributed by atoms with Crippen LogP contribution in [0.1, 0.15) is 25.6 Å². The van der Waals surface area contributed by atoms with Crippen LogP contribution >= 0.6 is 0 Å². The van der Waals surface area contributed by atoms with E-state index in [9.17, 15) is 4.79 Å². The molecule has 0 saturated heterocycles. The molecule has 0 amide bonds. The van der Waals surface area contributed by atoms with Crippen molar-refractivity contribution in [3.63, 3.8) is 0 Å². The number of imidazole rings is 1. The number of H-pyrrole nitrogens is 1. The molecule has 0 spiro atoms. The van der Waals surface area contributed by atoms with Gasteiger partial charge >= 0.3 is 0 Å². The Balaban J connectivity index is 2.18. The number of Topliss-reactive ketones (excluding diaryl/α,β-unsaturated/α-hetero) is 1. The summed E-state index contributed by atoms with van der Waals surface area (Å²) in [4.78, 5) is 22.8. The van der Waals surface area contributed by atoms with E-state index < -0.39 is 0 Å². The second kappa shape index (κ2) is 4.21. The highest BCUT2D eigenvalue weighted by Gasteiger charge is 2.07. The number of aromatic nitrogens is 3. The van der Waals surface area contributed by atoms with Gasteiger partial charge in [0.2, 0.25) is 0 Å². The van der Waals surface area contributed by atoms with Gasteiger partial charge in [-0.15, -0.1) is 0 Å². The number of carbonyl (C=O) groups is 1. The molecule has 0 radical (unpaired) electrons. The Morgan fingerprint density at radius 2 is 2.40 bits per heavy atom. The maximum absolute atomic E-state index is 11.4. The van der Waals surface area contributed by atoms with Crippen molar-refractivity contribution in [3.8, 4) is 0 Å². The van der Waals surface area contributed by atoms with Gasteiger partial charge in [0.05, 0.1) is 11.9 Å². The average molecular weight is 203 g/mol. The maximum atomic E-state index is 11.4. The van der Waals surface area contributed by atoms with E-state index in [2.05, 4.69) is 15.0 Å². The van der Waals surface area contributed by atoms with Crippen LogP contribution in [-0.4, -0.2) is 20.7 Å². The zero-order valence-corrected chi connectivity index (χ0v) is 8.66. The summed E-state index contributed by atoms with van der Waals surface area (Å²) in [6, 6.07) is 3.75. The lowest BCUT2D eigenvalue weighted by Gasteiger charge is -1.93. The van der Waals surface area contributed by atoms with Crippen LogP contribution in [0.2, 0.25) is 0 Å². The Bertz CT molecular complexity index is 442. The van der Waals surface area contributed by atoms with E-state index in [-0.39, 0.29) is 5.78 Å². The molecule has 0 aromatic carbocycles. The predicted molar refractivity (Wildman–Crippen MR) is 57.5 cm³/mol. The first-order valence-corrected chi connectivity index (χ1v) is 5.11. The molecule has 0 aliphatic rings. The molecular weight excluding hydrogens is 190 g/mol. The van der Waals surface area contributed by atoms with Gasteiger partial charge in [0, 0.05) is 12.6 Å². The molecule has 4 nitrogen and oxygen atoms in total. The zero-order valence-electron chi connectivity index (χ0n) is 8.66. The van der Waals surface area contributed by atoms with Gasteiger partial charge in [0.25, 0.3) is 0 Å². The Morgan fingerprint density at radius 1 is 1.53 bits per heavy atom. The summed E-state index contributed by atoms with van der Waals surface area (Å²) in [7, 11) is 0. The lowest BCUT2D eigenvalue weighted by atomic mass is 10.2. The normalized spacial score (nSPS) is 10.7. The monoisotopic (exact) mass is 203 g/mol. The number of aromatic amines is 1. The summed E-state index contributed by atoms with van der Waals surface area (Å²) in [5, 5.41) is 0. The first-order chi connectivity index (χ1) is 7.29. The van der Waals surface area contributed by atoms with Crippen LogP contribution in [0.15, 0.2) is 18.3 Å². The van der Waals surface area contributed by atoms with Crippen LogP contribution in [0.25, 0.3) is 11.2 Å². The summed E-state index contributed by atoms with van der Waals surface area (Å²) >= 11 is 0. The third-order valence-corrected chi connectivity index (χ3v) is 2.20. The molecule has 0 aliphatic heterocycles. The fourth-order valence-corrected chi connectivity index (χ4v) is 1.53. The van der Waals surface area contributed by atoms with E-state index in [0.29, 0.717) is 24.3 Å². The molecule has 1 N–H and O–H groups in total. The van der Waals surface area contributed by atoms with Gasteiger partial charge in [-0.05, 0) is 18.6 Å². The van der Waals surface area contributed by atoms with Crippen molar-refractivity contribution >= 4 is 16.9 Å². The van der Waals surface area contributed by atoms with Crippen molar-refractivity contribution in [2.45, 2.75) is 26.2 Å². The van der Waals surface area contributed by atoms with Crippen LogP contribution in [-0.2, 0) is 11.2 Å². The van der Waals surface area contributed by atoms with Crippen molar-refractivity contribution in [2.75, 3.05) is 0 Å². The molecule has 0 atom stereocenters. The molecule has 4 heteroatoms. The molecule has 0 bridgehead atoms. The lowest BCUT2D eigenvalue weighted by Crippen LogP contribution is -2.03. The summed E-state index contributed by atoms with van der Waals surface area (Å²) in [6.07, 6.45) is 3.58. The van der Waals surface area contributed by atoms with Gasteiger partial charge in [-0.25, -0.2) is 9.97 Å². The highest BCUT2D eigenvalue weighted by molar-refractivity contribution is 5.81. The minimum Gasteiger partial charge on any atom is -0.340 e. The number of hydrogen-bond donors (Lipinski definition) is 1. The van der Waals surface area contributed by atoms with E-state index in [1.807, 2.05) is 19.1 Å². The largest absolute Gasteiger partial charge is 0.340 e. The Kier molecular flexibility index (Phi) is 2.76. The van der Waals surface area contributed by atoms with Crippen molar-refractivity contribution < 1.29 is 4.79 Å². The van der Waals surface area contributed by atoms with Gasteiger partial charge in [-0.1, -0.05) is 6.92 Å². The molecule has 2 rings (SSSR count). The first-order valence-electron chi connectivity index (χ1n) is 5.11. The summed E-state index contributed by atoms with van der Waals surface area (Å²) < 4.78 is 0. The molecular formula is C11H13N3O. The van der Waals surface area contributed by atoms with E-state index in [1.54, 1.807) is 6.20 Å². The second-order valence-electron chi connectivity index (χ2n) is 3.52. The average Bonchev–Trinajstić information content (AvgIpc) is 2.59. The van der Waals surface area contributed by atoms with Crippen LogP contribution < -0.4 is 0 Å². The Hall–Kier alpha value is -1.71. The van der Waals surface area contributed by atoms with E-state index in [4.69, 9.17) is 0 Å². The fraction of sp³-hybridized carbons (Fsp3) is 0.364. The summed E-state index contributed by atoms with van der Waals surface area (Å²) in [6.45, 7) is 2.00. The molecule has 2 aromatic heterocycles. The molecule has 78 valence electrons. The van der Waals surface area contributed by atoms with E-state index in [0.717, 1.165) is 11.9 Å². The number of nitrogens with one attached hydrogen (secondary N) is 1. The fourth-order valence-electron chi connectivity index (χ4n) is 1.53. The topological polar surface area (TPSA) is 58.6 Å². The van der Waals surface area contributed by atoms with Gasteiger partial charge in [-0.2, -0.15) is 0 Å². The van der Waals surface area contributed by atoms with Gasteiger partial charge in [-0.3, -0.25) is 4.79 Å². The number of carbonyl (C=O) groups excluding carboxylic acids is 1. The minimum absolute atomic E-state index is 0.219. The molecule has 0 aliphatic carbocycles. The van der Waals surface area contributed by atoms with Crippen LogP contribution in [0.4, 0.5) is 0 Å². The standard InChI is InChI=1S/C11H13N3O/c1-2-4-8(15)7-10-13-9-5-3-6-12-11(9)14-10/h3,5-6H,2,4,7H2,1H3,(H,12,13,14). The molecule has 0 unspecified atom stereocenters. The van der Waals surface area contributed by atoms with Crippen molar-refractivity contribution in [2.24, 2.45) is 0 Å². The van der Waals surface area contributed by atoms with Crippen molar-refractivity contribution in [3.05, 3.63) is 24.2 Å². The maximum Gasteiger partial charge on any atom is 0.177 e. The molecule has 2 aromatic rings. The number of ketones is 1. The quantitative estimate of drug-likeness (QED) is 0.825. The number of pyridine rings is 1. The number of fused-ring (bicyclic) bond motifs is 1. The van der Waals surface area contributed by atoms with Crippen LogP contribution in [0.5, 0.6) is 0 Å². The third-order valence-electron chi connectivity index (χ3n) is 2.20. The predicted octanol–water partition coefficient (Wildman–Crippen LogP) is 1.87. The zero-order chi connectivity index (χ0) is 10.7.